The molecule has 0 unspecified atom stereocenters. The fourth-order valence-corrected chi connectivity index (χ4v) is 2.61. The smallest absolute Gasteiger partial charge is 0.244 e. The monoisotopic (exact) mass is 361 g/mol. The summed E-state index contributed by atoms with van der Waals surface area (Å²) in [5.41, 5.74) is 1.58. The summed E-state index contributed by atoms with van der Waals surface area (Å²) in [7, 11) is 0. The maximum absolute atomic E-state index is 11.9. The molecule has 0 spiro atoms. The molecule has 0 radical (unpaired) electrons. The van der Waals surface area contributed by atoms with Crippen molar-refractivity contribution in [1.82, 2.24) is 15.1 Å². The summed E-state index contributed by atoms with van der Waals surface area (Å²) in [6, 6.07) is 9.49. The van der Waals surface area contributed by atoms with Gasteiger partial charge in [-0.3, -0.25) is 9.48 Å². The van der Waals surface area contributed by atoms with E-state index >= 15 is 0 Å². The van der Waals surface area contributed by atoms with Crippen LogP contribution >= 0.6 is 11.6 Å². The third kappa shape index (κ3) is 5.94. The van der Waals surface area contributed by atoms with Crippen molar-refractivity contribution < 1.29 is 9.53 Å². The summed E-state index contributed by atoms with van der Waals surface area (Å²) in [6.07, 6.45) is 3.17. The fourth-order valence-electron chi connectivity index (χ4n) is 2.30. The third-order valence-electron chi connectivity index (χ3n) is 3.46. The van der Waals surface area contributed by atoms with E-state index < -0.39 is 0 Å². The van der Waals surface area contributed by atoms with Crippen molar-refractivity contribution in [2.24, 2.45) is 5.92 Å². The lowest BCUT2D eigenvalue weighted by molar-refractivity contribution is -0.116. The average molecular weight is 362 g/mol. The highest BCUT2D eigenvalue weighted by Crippen LogP contribution is 2.22. The number of ether oxygens (including phenoxy) is 1. The van der Waals surface area contributed by atoms with E-state index in [2.05, 4.69) is 24.3 Å². The zero-order valence-corrected chi connectivity index (χ0v) is 15.6. The molecule has 2 aromatic rings. The van der Waals surface area contributed by atoms with E-state index in [-0.39, 0.29) is 5.91 Å². The summed E-state index contributed by atoms with van der Waals surface area (Å²) in [6.45, 7) is 7.68. The molecule has 1 heterocycles. The van der Waals surface area contributed by atoms with Gasteiger partial charge in [0, 0.05) is 18.2 Å². The van der Waals surface area contributed by atoms with Gasteiger partial charge in [0.1, 0.15) is 17.5 Å². The highest BCUT2D eigenvalue weighted by Gasteiger charge is 2.12. The van der Waals surface area contributed by atoms with E-state index in [1.54, 1.807) is 10.8 Å². The van der Waals surface area contributed by atoms with Gasteiger partial charge in [0.15, 0.2) is 0 Å². The van der Waals surface area contributed by atoms with Gasteiger partial charge in [0.05, 0.1) is 12.2 Å². The van der Waals surface area contributed by atoms with E-state index in [1.165, 1.54) is 6.08 Å². The molecule has 1 amide bonds. The van der Waals surface area contributed by atoms with Crippen LogP contribution in [0.4, 0.5) is 0 Å². The lowest BCUT2D eigenvalue weighted by Gasteiger charge is -2.06. The summed E-state index contributed by atoms with van der Waals surface area (Å²) in [4.78, 5) is 11.9. The first kappa shape index (κ1) is 19.1. The quantitative estimate of drug-likeness (QED) is 0.576. The molecular weight excluding hydrogens is 338 g/mol. The second-order valence-corrected chi connectivity index (χ2v) is 6.51. The SMILES string of the molecule is Cc1nn(CC(C)C)c(Cl)c1/C=C/C(=O)NCCOc1ccccc1. The molecule has 0 saturated heterocycles. The van der Waals surface area contributed by atoms with E-state index in [1.807, 2.05) is 37.3 Å². The van der Waals surface area contributed by atoms with E-state index in [0.29, 0.717) is 24.2 Å². The zero-order valence-electron chi connectivity index (χ0n) is 14.8. The van der Waals surface area contributed by atoms with Crippen molar-refractivity contribution in [2.45, 2.75) is 27.3 Å². The van der Waals surface area contributed by atoms with Crippen LogP contribution in [0.25, 0.3) is 6.08 Å². The molecule has 1 N–H and O–H groups in total. The first-order valence-corrected chi connectivity index (χ1v) is 8.72. The fraction of sp³-hybridized carbons (Fsp3) is 0.368. The second kappa shape index (κ2) is 9.28. The maximum Gasteiger partial charge on any atom is 0.244 e. The first-order valence-electron chi connectivity index (χ1n) is 8.34. The number of hydrogen-bond donors (Lipinski definition) is 1. The molecule has 0 saturated carbocycles. The number of amides is 1. The number of aryl methyl sites for hydroxylation is 1. The Morgan fingerprint density at radius 2 is 2.08 bits per heavy atom. The van der Waals surface area contributed by atoms with Gasteiger partial charge in [-0.15, -0.1) is 0 Å². The van der Waals surface area contributed by atoms with Crippen LogP contribution in [0.5, 0.6) is 5.75 Å². The topological polar surface area (TPSA) is 56.2 Å². The largest absolute Gasteiger partial charge is 0.492 e. The van der Waals surface area contributed by atoms with Crippen LogP contribution in [0.2, 0.25) is 5.15 Å². The van der Waals surface area contributed by atoms with Crippen LogP contribution in [0.1, 0.15) is 25.1 Å². The zero-order chi connectivity index (χ0) is 18.2. The van der Waals surface area contributed by atoms with Gasteiger partial charge in [-0.1, -0.05) is 43.6 Å². The molecular formula is C19H24ClN3O2. The number of rotatable bonds is 8. The number of carbonyl (C=O) groups is 1. The highest BCUT2D eigenvalue weighted by molar-refractivity contribution is 6.31. The van der Waals surface area contributed by atoms with E-state index in [9.17, 15) is 4.79 Å². The Hall–Kier alpha value is -2.27. The van der Waals surface area contributed by atoms with Crippen molar-refractivity contribution in [3.8, 4) is 5.75 Å². The Kier molecular flexibility index (Phi) is 7.07. The van der Waals surface area contributed by atoms with Crippen LogP contribution in [0, 0.1) is 12.8 Å². The number of hydrogen-bond acceptors (Lipinski definition) is 3. The minimum absolute atomic E-state index is 0.191. The number of nitrogens with zero attached hydrogens (tertiary/aromatic N) is 2. The molecule has 25 heavy (non-hydrogen) atoms. The van der Waals surface area contributed by atoms with Gasteiger partial charge in [-0.25, -0.2) is 0 Å². The number of benzene rings is 1. The summed E-state index contributed by atoms with van der Waals surface area (Å²) < 4.78 is 7.30. The molecule has 0 fully saturated rings. The molecule has 1 aromatic heterocycles. The van der Waals surface area contributed by atoms with Crippen molar-refractivity contribution in [2.75, 3.05) is 13.2 Å². The lowest BCUT2D eigenvalue weighted by Crippen LogP contribution is -2.26. The summed E-state index contributed by atoms with van der Waals surface area (Å²) >= 11 is 6.35. The Morgan fingerprint density at radius 1 is 1.36 bits per heavy atom. The Morgan fingerprint density at radius 3 is 2.76 bits per heavy atom. The molecule has 0 aliphatic carbocycles. The summed E-state index contributed by atoms with van der Waals surface area (Å²) in [5.74, 6) is 1.04. The maximum atomic E-state index is 11.9. The predicted octanol–water partition coefficient (Wildman–Crippen LogP) is 3.71. The van der Waals surface area contributed by atoms with Crippen LogP contribution < -0.4 is 10.1 Å². The van der Waals surface area contributed by atoms with Gasteiger partial charge >= 0.3 is 0 Å². The number of carbonyl (C=O) groups excluding carboxylic acids is 1. The van der Waals surface area contributed by atoms with E-state index in [0.717, 1.165) is 23.6 Å². The average Bonchev–Trinajstić information content (AvgIpc) is 2.84. The summed E-state index contributed by atoms with van der Waals surface area (Å²) in [5, 5.41) is 7.76. The molecule has 0 bridgehead atoms. The van der Waals surface area contributed by atoms with Gasteiger partial charge in [-0.2, -0.15) is 5.10 Å². The van der Waals surface area contributed by atoms with E-state index in [4.69, 9.17) is 16.3 Å². The number of nitrogens with one attached hydrogen (secondary N) is 1. The second-order valence-electron chi connectivity index (χ2n) is 6.15. The van der Waals surface area contributed by atoms with Crippen LogP contribution in [-0.4, -0.2) is 28.8 Å². The first-order chi connectivity index (χ1) is 12.0. The minimum Gasteiger partial charge on any atom is -0.492 e. The van der Waals surface area contributed by atoms with Gasteiger partial charge in [0.2, 0.25) is 5.91 Å². The van der Waals surface area contributed by atoms with Crippen LogP contribution in [-0.2, 0) is 11.3 Å². The lowest BCUT2D eigenvalue weighted by atomic mass is 10.2. The van der Waals surface area contributed by atoms with Crippen molar-refractivity contribution in [3.05, 3.63) is 52.8 Å². The molecule has 2 rings (SSSR count). The van der Waals surface area contributed by atoms with Crippen LogP contribution in [0.3, 0.4) is 0 Å². The molecule has 0 aliphatic heterocycles. The predicted molar refractivity (Wildman–Crippen MR) is 101 cm³/mol. The standard InChI is InChI=1S/C19H24ClN3O2/c1-14(2)13-23-19(20)17(15(3)22-23)9-10-18(24)21-11-12-25-16-7-5-4-6-8-16/h4-10,14H,11-13H2,1-3H3,(H,21,24)/b10-9+. The Bertz CT molecular complexity index is 724. The molecule has 1 aromatic carbocycles. The molecule has 134 valence electrons. The minimum atomic E-state index is -0.191. The van der Waals surface area contributed by atoms with Gasteiger partial charge in [-0.05, 0) is 31.1 Å². The number of halogens is 1. The van der Waals surface area contributed by atoms with Crippen molar-refractivity contribution in [1.29, 1.82) is 0 Å². The van der Waals surface area contributed by atoms with Crippen molar-refractivity contribution in [3.63, 3.8) is 0 Å². The number of para-hydroxylation sites is 1. The third-order valence-corrected chi connectivity index (χ3v) is 3.86. The normalized spacial score (nSPS) is 11.2. The number of aromatic nitrogens is 2. The molecule has 6 heteroatoms. The highest BCUT2D eigenvalue weighted by atomic mass is 35.5. The van der Waals surface area contributed by atoms with Crippen molar-refractivity contribution >= 4 is 23.6 Å². The van der Waals surface area contributed by atoms with Gasteiger partial charge in [0.25, 0.3) is 0 Å². The van der Waals surface area contributed by atoms with Crippen LogP contribution in [0.15, 0.2) is 36.4 Å². The Labute approximate surface area is 153 Å². The van der Waals surface area contributed by atoms with Gasteiger partial charge < -0.3 is 10.1 Å². The molecule has 0 atom stereocenters. The molecule has 0 aliphatic rings. The molecule has 5 nitrogen and oxygen atoms in total. The Balaban J connectivity index is 1.83.